The Hall–Kier alpha value is -0.0800. The van der Waals surface area contributed by atoms with E-state index in [0.717, 1.165) is 0 Å². The molecule has 2 fully saturated rings. The number of hydrogen-bond acceptors (Lipinski definition) is 2. The standard InChI is InChI=1S/C10H20N2/c1-10-5-3-4-6-12(10)8-7-11(2)9-10/h3-9H2,1-2H3/t10-/m1/s1. The average Bonchev–Trinajstić information content (AvgIpc) is 2.02. The van der Waals surface area contributed by atoms with Crippen molar-refractivity contribution in [3.05, 3.63) is 0 Å². The average molecular weight is 168 g/mol. The second-order valence-corrected chi connectivity index (χ2v) is 4.68. The summed E-state index contributed by atoms with van der Waals surface area (Å²) < 4.78 is 0. The number of rotatable bonds is 0. The Kier molecular flexibility index (Phi) is 2.13. The molecule has 0 amide bonds. The van der Waals surface area contributed by atoms with E-state index < -0.39 is 0 Å². The number of piperidine rings is 1. The lowest BCUT2D eigenvalue weighted by Gasteiger charge is -2.51. The number of likely N-dealkylation sites (N-methyl/N-ethyl adjacent to an activating group) is 1. The van der Waals surface area contributed by atoms with Gasteiger partial charge in [0.05, 0.1) is 0 Å². The van der Waals surface area contributed by atoms with Gasteiger partial charge >= 0.3 is 0 Å². The highest BCUT2D eigenvalue weighted by atomic mass is 15.3. The molecule has 0 aromatic rings. The van der Waals surface area contributed by atoms with Gasteiger partial charge in [0, 0.05) is 25.2 Å². The van der Waals surface area contributed by atoms with Crippen LogP contribution in [0.2, 0.25) is 0 Å². The summed E-state index contributed by atoms with van der Waals surface area (Å²) in [6.45, 7) is 7.59. The molecule has 0 spiro atoms. The minimum Gasteiger partial charge on any atom is -0.303 e. The zero-order chi connectivity index (χ0) is 8.60. The SMILES string of the molecule is CN1CCN2CCCC[C@]2(C)C1. The molecule has 0 N–H and O–H groups in total. The topological polar surface area (TPSA) is 6.48 Å². The van der Waals surface area contributed by atoms with Crippen molar-refractivity contribution in [2.45, 2.75) is 31.7 Å². The molecule has 70 valence electrons. The van der Waals surface area contributed by atoms with Gasteiger partial charge in [0.1, 0.15) is 0 Å². The first kappa shape index (κ1) is 8.52. The first-order valence-corrected chi connectivity index (χ1v) is 5.14. The van der Waals surface area contributed by atoms with Gasteiger partial charge in [-0.2, -0.15) is 0 Å². The number of fused-ring (bicyclic) bond motifs is 1. The van der Waals surface area contributed by atoms with Crippen molar-refractivity contribution < 1.29 is 0 Å². The molecule has 0 unspecified atom stereocenters. The van der Waals surface area contributed by atoms with E-state index in [9.17, 15) is 0 Å². The van der Waals surface area contributed by atoms with Crippen LogP contribution in [0.15, 0.2) is 0 Å². The smallest absolute Gasteiger partial charge is 0.0308 e. The lowest BCUT2D eigenvalue weighted by Crippen LogP contribution is -2.61. The predicted molar refractivity (Wildman–Crippen MR) is 51.3 cm³/mol. The van der Waals surface area contributed by atoms with Gasteiger partial charge in [-0.3, -0.25) is 4.90 Å². The first-order valence-electron chi connectivity index (χ1n) is 5.14. The summed E-state index contributed by atoms with van der Waals surface area (Å²) in [5.74, 6) is 0. The molecule has 0 saturated carbocycles. The van der Waals surface area contributed by atoms with Crippen molar-refractivity contribution in [2.24, 2.45) is 0 Å². The Morgan fingerprint density at radius 1 is 1.08 bits per heavy atom. The van der Waals surface area contributed by atoms with Crippen molar-refractivity contribution in [1.82, 2.24) is 9.80 Å². The van der Waals surface area contributed by atoms with Crippen LogP contribution in [0.4, 0.5) is 0 Å². The minimum atomic E-state index is 0.505. The van der Waals surface area contributed by atoms with E-state index in [-0.39, 0.29) is 0 Å². The zero-order valence-corrected chi connectivity index (χ0v) is 8.34. The Bertz CT molecular complexity index is 169. The van der Waals surface area contributed by atoms with Crippen molar-refractivity contribution in [1.29, 1.82) is 0 Å². The lowest BCUT2D eigenvalue weighted by molar-refractivity contribution is -0.00814. The first-order chi connectivity index (χ1) is 5.71. The van der Waals surface area contributed by atoms with Gasteiger partial charge < -0.3 is 4.90 Å². The molecule has 2 heterocycles. The van der Waals surface area contributed by atoms with Crippen LogP contribution >= 0.6 is 0 Å². The summed E-state index contributed by atoms with van der Waals surface area (Å²) in [7, 11) is 2.25. The molecule has 0 aliphatic carbocycles. The molecule has 12 heavy (non-hydrogen) atoms. The molecule has 2 heteroatoms. The third kappa shape index (κ3) is 1.38. The van der Waals surface area contributed by atoms with Gasteiger partial charge in [-0.25, -0.2) is 0 Å². The summed E-state index contributed by atoms with van der Waals surface area (Å²) in [5.41, 5.74) is 0.505. The van der Waals surface area contributed by atoms with Crippen LogP contribution in [0.3, 0.4) is 0 Å². The highest BCUT2D eigenvalue weighted by Crippen LogP contribution is 2.30. The third-order valence-electron chi connectivity index (χ3n) is 3.52. The van der Waals surface area contributed by atoms with E-state index in [0.29, 0.717) is 5.54 Å². The fraction of sp³-hybridized carbons (Fsp3) is 1.00. The minimum absolute atomic E-state index is 0.505. The predicted octanol–water partition coefficient (Wildman–Crippen LogP) is 1.18. The van der Waals surface area contributed by atoms with Gasteiger partial charge in [0.2, 0.25) is 0 Å². The van der Waals surface area contributed by atoms with Crippen LogP contribution < -0.4 is 0 Å². The van der Waals surface area contributed by atoms with Crippen LogP contribution in [0.25, 0.3) is 0 Å². The molecule has 2 rings (SSSR count). The van der Waals surface area contributed by atoms with Crippen molar-refractivity contribution >= 4 is 0 Å². The summed E-state index contributed by atoms with van der Waals surface area (Å²) in [5, 5.41) is 0. The quantitative estimate of drug-likeness (QED) is 0.536. The van der Waals surface area contributed by atoms with Crippen LogP contribution in [-0.2, 0) is 0 Å². The summed E-state index contributed by atoms with van der Waals surface area (Å²) in [6.07, 6.45) is 4.25. The second kappa shape index (κ2) is 3.00. The van der Waals surface area contributed by atoms with E-state index in [2.05, 4.69) is 23.8 Å². The monoisotopic (exact) mass is 168 g/mol. The van der Waals surface area contributed by atoms with Crippen LogP contribution in [0.5, 0.6) is 0 Å². The lowest BCUT2D eigenvalue weighted by atomic mass is 9.86. The van der Waals surface area contributed by atoms with E-state index >= 15 is 0 Å². The molecule has 0 aromatic heterocycles. The molecule has 0 radical (unpaired) electrons. The Morgan fingerprint density at radius 2 is 1.92 bits per heavy atom. The zero-order valence-electron chi connectivity index (χ0n) is 8.34. The summed E-state index contributed by atoms with van der Waals surface area (Å²) in [6, 6.07) is 0. The van der Waals surface area contributed by atoms with E-state index in [1.807, 2.05) is 0 Å². The molecule has 2 aliphatic heterocycles. The molecular weight excluding hydrogens is 148 g/mol. The number of nitrogens with zero attached hydrogens (tertiary/aromatic N) is 2. The molecule has 0 bridgehead atoms. The largest absolute Gasteiger partial charge is 0.303 e. The fourth-order valence-corrected chi connectivity index (χ4v) is 2.75. The third-order valence-corrected chi connectivity index (χ3v) is 3.52. The maximum absolute atomic E-state index is 2.69. The second-order valence-electron chi connectivity index (χ2n) is 4.68. The van der Waals surface area contributed by atoms with E-state index in [1.54, 1.807) is 0 Å². The van der Waals surface area contributed by atoms with Crippen LogP contribution in [-0.4, -0.2) is 48.6 Å². The van der Waals surface area contributed by atoms with Crippen molar-refractivity contribution in [3.8, 4) is 0 Å². The van der Waals surface area contributed by atoms with Gasteiger partial charge in [0.25, 0.3) is 0 Å². The molecular formula is C10H20N2. The van der Waals surface area contributed by atoms with E-state index in [4.69, 9.17) is 0 Å². The molecule has 2 aliphatic rings. The van der Waals surface area contributed by atoms with Crippen molar-refractivity contribution in [3.63, 3.8) is 0 Å². The molecule has 1 atom stereocenters. The highest BCUT2D eigenvalue weighted by molar-refractivity contribution is 4.95. The molecule has 0 aromatic carbocycles. The maximum Gasteiger partial charge on any atom is 0.0308 e. The number of hydrogen-bond donors (Lipinski definition) is 0. The maximum atomic E-state index is 2.69. The Morgan fingerprint density at radius 3 is 2.75 bits per heavy atom. The summed E-state index contributed by atoms with van der Waals surface area (Å²) in [4.78, 5) is 5.16. The van der Waals surface area contributed by atoms with Crippen LogP contribution in [0, 0.1) is 0 Å². The normalized spacial score (nSPS) is 39.5. The highest BCUT2D eigenvalue weighted by Gasteiger charge is 2.37. The van der Waals surface area contributed by atoms with Crippen LogP contribution in [0.1, 0.15) is 26.2 Å². The van der Waals surface area contributed by atoms with Gasteiger partial charge in [-0.15, -0.1) is 0 Å². The van der Waals surface area contributed by atoms with Crippen molar-refractivity contribution in [2.75, 3.05) is 33.2 Å². The molecule has 2 saturated heterocycles. The van der Waals surface area contributed by atoms with Gasteiger partial charge in [0.15, 0.2) is 0 Å². The van der Waals surface area contributed by atoms with Gasteiger partial charge in [-0.1, -0.05) is 6.42 Å². The number of piperazine rings is 1. The molecule has 2 nitrogen and oxygen atoms in total. The Labute approximate surface area is 75.5 Å². The van der Waals surface area contributed by atoms with E-state index in [1.165, 1.54) is 45.4 Å². The summed E-state index contributed by atoms with van der Waals surface area (Å²) >= 11 is 0. The fourth-order valence-electron chi connectivity index (χ4n) is 2.75. The van der Waals surface area contributed by atoms with Gasteiger partial charge in [-0.05, 0) is 33.4 Å². The Balaban J connectivity index is 2.07.